The number of rotatable bonds is 24. The van der Waals surface area contributed by atoms with E-state index in [1.54, 1.807) is 0 Å². The molecule has 0 saturated heterocycles. The average molecular weight is 579 g/mol. The molecule has 0 rings (SSSR count). The quantitative estimate of drug-likeness (QED) is 0.0917. The Kier molecular flexibility index (Phi) is 29.9. The minimum Gasteiger partial charge on any atom is -0.302 e. The summed E-state index contributed by atoms with van der Waals surface area (Å²) in [5.41, 5.74) is 0. The molecule has 0 radical (unpaired) electrons. The molecule has 0 fully saturated rings. The van der Waals surface area contributed by atoms with Crippen LogP contribution in [0.3, 0.4) is 0 Å². The van der Waals surface area contributed by atoms with Crippen molar-refractivity contribution in [1.82, 2.24) is 0 Å². The van der Waals surface area contributed by atoms with Gasteiger partial charge in [0.1, 0.15) is 0 Å². The Morgan fingerprint density at radius 2 is 0.733 bits per heavy atom. The van der Waals surface area contributed by atoms with Gasteiger partial charge < -0.3 is 4.89 Å². The summed E-state index contributed by atoms with van der Waals surface area (Å²) < 4.78 is 22.0. The van der Waals surface area contributed by atoms with Crippen molar-refractivity contribution in [3.05, 3.63) is 0 Å². The average Bonchev–Trinajstić information content (AvgIpc) is 2.70. The van der Waals surface area contributed by atoms with Crippen molar-refractivity contribution in [2.45, 2.75) is 142 Å². The molecule has 0 aliphatic carbocycles. The maximum Gasteiger partial charge on any atom is 0.472 e. The Labute approximate surface area is 221 Å². The van der Waals surface area contributed by atoms with Gasteiger partial charge in [-0.3, -0.25) is 9.05 Å². The summed E-state index contributed by atoms with van der Waals surface area (Å²) in [6.45, 7) is 5.14. The van der Waals surface area contributed by atoms with E-state index < -0.39 is 7.82 Å². The molecule has 0 atom stereocenters. The number of unbranched alkanes of at least 4 members (excludes halogenated alkanes) is 18. The first kappa shape index (κ1) is 33.6. The van der Waals surface area contributed by atoms with Crippen LogP contribution in [0.1, 0.15) is 142 Å². The van der Waals surface area contributed by atoms with Gasteiger partial charge in [-0.15, -0.1) is 0 Å². The number of phosphoric ester groups is 1. The summed E-state index contributed by atoms with van der Waals surface area (Å²) in [5, 5.41) is 0. The second kappa shape index (κ2) is 26.7. The van der Waals surface area contributed by atoms with Crippen molar-refractivity contribution in [2.75, 3.05) is 13.2 Å². The summed E-state index contributed by atoms with van der Waals surface area (Å²) in [4.78, 5) is 9.71. The van der Waals surface area contributed by atoms with Crippen LogP contribution in [0, 0.1) is 40.8 Å². The van der Waals surface area contributed by atoms with Gasteiger partial charge in [0.25, 0.3) is 0 Å². The second-order valence-corrected chi connectivity index (χ2v) is 9.95. The van der Waals surface area contributed by atoms with Gasteiger partial charge in [-0.2, -0.15) is 0 Å². The van der Waals surface area contributed by atoms with Crippen molar-refractivity contribution in [3.8, 4) is 0 Å². The van der Waals surface area contributed by atoms with E-state index in [9.17, 15) is 9.46 Å². The van der Waals surface area contributed by atoms with Crippen LogP contribution in [0.2, 0.25) is 0 Å². The third-order valence-corrected chi connectivity index (χ3v) is 6.52. The molecular weight excluding hydrogens is 527 g/mol. The van der Waals surface area contributed by atoms with Crippen molar-refractivity contribution in [2.24, 2.45) is 0 Å². The molecule has 0 aromatic rings. The molecule has 0 aliphatic heterocycles. The predicted molar refractivity (Wildman–Crippen MR) is 125 cm³/mol. The van der Waals surface area contributed by atoms with Crippen LogP contribution in [0.5, 0.6) is 0 Å². The summed E-state index contributed by atoms with van der Waals surface area (Å²) in [7, 11) is -3.85. The molecule has 0 aromatic carbocycles. The number of hydrogen-bond donors (Lipinski definition) is 1. The molecule has 6 heteroatoms. The van der Waals surface area contributed by atoms with Crippen molar-refractivity contribution < 1.29 is 59.3 Å². The zero-order chi connectivity index (χ0) is 21.5. The van der Waals surface area contributed by atoms with Gasteiger partial charge in [-0.1, -0.05) is 129 Å². The standard InChI is InChI=1S/C24H51O4P.Nd/c1-3-5-7-9-11-13-15-17-19-21-23-27-29(25,26)28-24-22-20-18-16-14-12-10-8-6-4-2;/h3-24H2,1-2H3,(H,25,26);. The minimum absolute atomic E-state index is 0. The van der Waals surface area contributed by atoms with E-state index in [0.717, 1.165) is 25.7 Å². The number of hydrogen-bond acceptors (Lipinski definition) is 3. The van der Waals surface area contributed by atoms with E-state index in [0.29, 0.717) is 13.2 Å². The summed E-state index contributed by atoms with van der Waals surface area (Å²) in [6, 6.07) is 0. The van der Waals surface area contributed by atoms with Crippen LogP contribution in [0.4, 0.5) is 0 Å². The first-order chi connectivity index (χ1) is 14.1. The van der Waals surface area contributed by atoms with E-state index in [2.05, 4.69) is 13.8 Å². The number of phosphoric acid groups is 1. The van der Waals surface area contributed by atoms with E-state index in [-0.39, 0.29) is 40.8 Å². The zero-order valence-corrected chi connectivity index (χ0v) is 24.3. The van der Waals surface area contributed by atoms with Crippen LogP contribution in [0.25, 0.3) is 0 Å². The van der Waals surface area contributed by atoms with Crippen molar-refractivity contribution in [1.29, 1.82) is 0 Å². The molecule has 0 aliphatic rings. The fraction of sp³-hybridized carbons (Fsp3) is 1.00. The molecular formula is C24H51NdO4P. The molecule has 4 nitrogen and oxygen atoms in total. The van der Waals surface area contributed by atoms with Crippen LogP contribution < -0.4 is 0 Å². The summed E-state index contributed by atoms with van der Waals surface area (Å²) in [6.07, 6.45) is 24.8. The molecule has 0 unspecified atom stereocenters. The smallest absolute Gasteiger partial charge is 0.302 e. The summed E-state index contributed by atoms with van der Waals surface area (Å²) >= 11 is 0. The van der Waals surface area contributed by atoms with Crippen LogP contribution in [0.15, 0.2) is 0 Å². The van der Waals surface area contributed by atoms with E-state index in [1.807, 2.05) is 0 Å². The Hall–Kier alpha value is 1.46. The van der Waals surface area contributed by atoms with Gasteiger partial charge in [-0.25, -0.2) is 4.57 Å². The molecule has 180 valence electrons. The van der Waals surface area contributed by atoms with Crippen LogP contribution in [-0.4, -0.2) is 18.1 Å². The Morgan fingerprint density at radius 3 is 1.00 bits per heavy atom. The molecule has 0 spiro atoms. The molecule has 0 amide bonds. The topological polar surface area (TPSA) is 55.8 Å². The van der Waals surface area contributed by atoms with Gasteiger partial charge in [-0.05, 0) is 12.8 Å². The largest absolute Gasteiger partial charge is 0.472 e. The van der Waals surface area contributed by atoms with Gasteiger partial charge in [0.15, 0.2) is 0 Å². The van der Waals surface area contributed by atoms with E-state index >= 15 is 0 Å². The van der Waals surface area contributed by atoms with E-state index in [1.165, 1.54) is 103 Å². The maximum atomic E-state index is 11.8. The van der Waals surface area contributed by atoms with Crippen LogP contribution >= 0.6 is 7.82 Å². The SMILES string of the molecule is CCCCCCCCCCCCOP(=O)(O)OCCCCCCCCCCCC.[Nd]. The monoisotopic (exact) mass is 576 g/mol. The van der Waals surface area contributed by atoms with Gasteiger partial charge in [0.05, 0.1) is 13.2 Å². The van der Waals surface area contributed by atoms with E-state index in [4.69, 9.17) is 9.05 Å². The molecule has 0 aromatic heterocycles. The zero-order valence-electron chi connectivity index (χ0n) is 20.2. The Morgan fingerprint density at radius 1 is 0.500 bits per heavy atom. The summed E-state index contributed by atoms with van der Waals surface area (Å²) in [5.74, 6) is 0. The minimum atomic E-state index is -3.85. The van der Waals surface area contributed by atoms with Crippen LogP contribution in [-0.2, 0) is 13.6 Å². The Balaban J connectivity index is 0. The molecule has 0 saturated carbocycles. The van der Waals surface area contributed by atoms with Gasteiger partial charge in [0.2, 0.25) is 0 Å². The van der Waals surface area contributed by atoms with Gasteiger partial charge >= 0.3 is 7.82 Å². The predicted octanol–water partition coefficient (Wildman–Crippen LogP) is 8.96. The normalized spacial score (nSPS) is 11.6. The third kappa shape index (κ3) is 27.5. The molecule has 1 N–H and O–H groups in total. The molecule has 0 heterocycles. The molecule has 0 bridgehead atoms. The van der Waals surface area contributed by atoms with Crippen molar-refractivity contribution in [3.63, 3.8) is 0 Å². The fourth-order valence-electron chi connectivity index (χ4n) is 3.58. The Bertz CT molecular complexity index is 339. The fourth-order valence-corrected chi connectivity index (χ4v) is 4.37. The maximum absolute atomic E-state index is 11.8. The first-order valence-corrected chi connectivity index (χ1v) is 14.2. The third-order valence-electron chi connectivity index (χ3n) is 5.50. The second-order valence-electron chi connectivity index (χ2n) is 8.50. The first-order valence-electron chi connectivity index (χ1n) is 12.7. The van der Waals surface area contributed by atoms with Gasteiger partial charge in [0, 0.05) is 40.8 Å². The van der Waals surface area contributed by atoms with Crippen molar-refractivity contribution >= 4 is 7.82 Å². The molecule has 30 heavy (non-hydrogen) atoms.